The second-order valence-electron chi connectivity index (χ2n) is 5.69. The Hall–Kier alpha value is -2.37. The number of nitrogens with zero attached hydrogens (tertiary/aromatic N) is 1. The Kier molecular flexibility index (Phi) is 4.37. The van der Waals surface area contributed by atoms with Crippen LogP contribution in [0.15, 0.2) is 39.9 Å². The summed E-state index contributed by atoms with van der Waals surface area (Å²) in [5.74, 6) is 1.70. The van der Waals surface area contributed by atoms with Crippen LogP contribution in [0.4, 0.5) is 0 Å². The number of rotatable bonds is 4. The number of carbonyl (C=O) groups excluding carboxylic acids is 1. The summed E-state index contributed by atoms with van der Waals surface area (Å²) in [4.78, 5) is 30.3. The van der Waals surface area contributed by atoms with Crippen LogP contribution in [-0.2, 0) is 11.2 Å². The summed E-state index contributed by atoms with van der Waals surface area (Å²) in [6, 6.07) is 5.19. The van der Waals surface area contributed by atoms with Crippen molar-refractivity contribution in [1.82, 2.24) is 15.3 Å². The summed E-state index contributed by atoms with van der Waals surface area (Å²) in [6.45, 7) is 0. The van der Waals surface area contributed by atoms with Crippen molar-refractivity contribution in [3.05, 3.63) is 52.6 Å². The summed E-state index contributed by atoms with van der Waals surface area (Å²) < 4.78 is 5.18. The van der Waals surface area contributed by atoms with Crippen molar-refractivity contribution in [2.24, 2.45) is 0 Å². The molecule has 0 aliphatic heterocycles. The highest BCUT2D eigenvalue weighted by molar-refractivity contribution is 5.78. The van der Waals surface area contributed by atoms with Crippen molar-refractivity contribution in [2.45, 2.75) is 44.1 Å². The van der Waals surface area contributed by atoms with E-state index in [1.165, 1.54) is 6.07 Å². The lowest BCUT2D eigenvalue weighted by molar-refractivity contribution is -0.121. The van der Waals surface area contributed by atoms with E-state index in [-0.39, 0.29) is 29.8 Å². The highest BCUT2D eigenvalue weighted by Gasteiger charge is 2.24. The number of carbonyl (C=O) groups is 1. The fourth-order valence-electron chi connectivity index (χ4n) is 2.95. The van der Waals surface area contributed by atoms with E-state index in [0.29, 0.717) is 5.76 Å². The molecule has 1 saturated carbocycles. The van der Waals surface area contributed by atoms with Crippen molar-refractivity contribution in [2.75, 3.05) is 0 Å². The van der Waals surface area contributed by atoms with E-state index in [9.17, 15) is 9.59 Å². The zero-order valence-corrected chi connectivity index (χ0v) is 12.2. The van der Waals surface area contributed by atoms with Crippen LogP contribution in [-0.4, -0.2) is 21.9 Å². The number of amides is 1. The molecular weight excluding hydrogens is 282 g/mol. The Balaban J connectivity index is 1.49. The Morgan fingerprint density at radius 2 is 2.14 bits per heavy atom. The fraction of sp³-hybridized carbons (Fsp3) is 0.438. The molecule has 0 bridgehead atoms. The van der Waals surface area contributed by atoms with Crippen molar-refractivity contribution < 1.29 is 9.21 Å². The number of H-pyrrole nitrogens is 1. The molecule has 1 amide bonds. The van der Waals surface area contributed by atoms with E-state index in [4.69, 9.17) is 4.42 Å². The van der Waals surface area contributed by atoms with Gasteiger partial charge in [0.25, 0.3) is 5.56 Å². The van der Waals surface area contributed by atoms with E-state index >= 15 is 0 Å². The molecule has 0 spiro atoms. The van der Waals surface area contributed by atoms with E-state index in [0.717, 1.165) is 31.5 Å². The van der Waals surface area contributed by atoms with Crippen molar-refractivity contribution in [1.29, 1.82) is 0 Å². The van der Waals surface area contributed by atoms with Crippen molar-refractivity contribution in [3.8, 4) is 0 Å². The van der Waals surface area contributed by atoms with Gasteiger partial charge in [-0.25, -0.2) is 4.98 Å². The number of furan rings is 1. The zero-order valence-electron chi connectivity index (χ0n) is 12.2. The molecule has 2 N–H and O–H groups in total. The van der Waals surface area contributed by atoms with Gasteiger partial charge in [0.15, 0.2) is 0 Å². The van der Waals surface area contributed by atoms with Gasteiger partial charge < -0.3 is 14.7 Å². The first-order valence-electron chi connectivity index (χ1n) is 7.57. The third kappa shape index (κ3) is 3.63. The number of hydrogen-bond acceptors (Lipinski definition) is 4. The summed E-state index contributed by atoms with van der Waals surface area (Å²) in [5.41, 5.74) is -0.112. The molecule has 116 valence electrons. The van der Waals surface area contributed by atoms with E-state index in [2.05, 4.69) is 15.3 Å². The standard InChI is InChI=1S/C16H19N3O3/c20-14-7-8-17-16(19-14)11-3-5-12(6-4-11)18-15(21)10-13-2-1-9-22-13/h1-2,7-9,11-12H,3-6,10H2,(H,18,21)(H,17,19,20). The second-order valence-corrected chi connectivity index (χ2v) is 5.69. The van der Waals surface area contributed by atoms with Crippen LogP contribution in [0.1, 0.15) is 43.2 Å². The van der Waals surface area contributed by atoms with Gasteiger partial charge in [-0.15, -0.1) is 0 Å². The predicted octanol–water partition coefficient (Wildman–Crippen LogP) is 1.75. The van der Waals surface area contributed by atoms with E-state index in [1.54, 1.807) is 24.6 Å². The van der Waals surface area contributed by atoms with Crippen molar-refractivity contribution in [3.63, 3.8) is 0 Å². The molecule has 22 heavy (non-hydrogen) atoms. The lowest BCUT2D eigenvalue weighted by Gasteiger charge is -2.28. The Morgan fingerprint density at radius 1 is 1.32 bits per heavy atom. The molecule has 1 fully saturated rings. The fourth-order valence-corrected chi connectivity index (χ4v) is 2.95. The molecule has 1 aliphatic carbocycles. The minimum Gasteiger partial charge on any atom is -0.469 e. The molecule has 0 radical (unpaired) electrons. The van der Waals surface area contributed by atoms with Gasteiger partial charge >= 0.3 is 0 Å². The quantitative estimate of drug-likeness (QED) is 0.900. The molecule has 3 rings (SSSR count). The first-order chi connectivity index (χ1) is 10.7. The Labute approximate surface area is 128 Å². The van der Waals surface area contributed by atoms with Gasteiger partial charge in [0.2, 0.25) is 5.91 Å². The Bertz CT molecular complexity index is 670. The SMILES string of the molecule is O=C(Cc1ccco1)NC1CCC(c2nccc(=O)[nH]2)CC1. The third-order valence-electron chi connectivity index (χ3n) is 4.08. The second kappa shape index (κ2) is 6.60. The molecule has 0 unspecified atom stereocenters. The molecule has 2 heterocycles. The molecule has 0 saturated heterocycles. The minimum absolute atomic E-state index is 0.00959. The van der Waals surface area contributed by atoms with E-state index < -0.39 is 0 Å². The largest absolute Gasteiger partial charge is 0.469 e. The normalized spacial score (nSPS) is 21.5. The monoisotopic (exact) mass is 301 g/mol. The first kappa shape index (κ1) is 14.6. The van der Waals surface area contributed by atoms with Gasteiger partial charge in [0.05, 0.1) is 12.7 Å². The van der Waals surface area contributed by atoms with Crippen LogP contribution in [0.25, 0.3) is 0 Å². The van der Waals surface area contributed by atoms with Crippen LogP contribution in [0.5, 0.6) is 0 Å². The van der Waals surface area contributed by atoms with Crippen LogP contribution >= 0.6 is 0 Å². The summed E-state index contributed by atoms with van der Waals surface area (Å²) in [5, 5.41) is 3.05. The highest BCUT2D eigenvalue weighted by atomic mass is 16.3. The lowest BCUT2D eigenvalue weighted by atomic mass is 9.85. The average molecular weight is 301 g/mol. The van der Waals surface area contributed by atoms with Gasteiger partial charge in [-0.1, -0.05) is 0 Å². The van der Waals surface area contributed by atoms with Crippen LogP contribution < -0.4 is 10.9 Å². The maximum atomic E-state index is 11.9. The summed E-state index contributed by atoms with van der Waals surface area (Å²) in [6.07, 6.45) is 7.02. The van der Waals surface area contributed by atoms with Gasteiger partial charge in [0, 0.05) is 24.2 Å². The van der Waals surface area contributed by atoms with Crippen LogP contribution in [0.2, 0.25) is 0 Å². The molecule has 1 aliphatic rings. The number of aromatic nitrogens is 2. The molecule has 6 nitrogen and oxygen atoms in total. The molecule has 0 aromatic carbocycles. The third-order valence-corrected chi connectivity index (χ3v) is 4.08. The van der Waals surface area contributed by atoms with Crippen LogP contribution in [0, 0.1) is 0 Å². The smallest absolute Gasteiger partial charge is 0.250 e. The summed E-state index contributed by atoms with van der Waals surface area (Å²) >= 11 is 0. The maximum Gasteiger partial charge on any atom is 0.250 e. The predicted molar refractivity (Wildman–Crippen MR) is 80.4 cm³/mol. The topological polar surface area (TPSA) is 88.0 Å². The number of nitrogens with one attached hydrogen (secondary N) is 2. The number of hydrogen-bond donors (Lipinski definition) is 2. The average Bonchev–Trinajstić information content (AvgIpc) is 3.01. The van der Waals surface area contributed by atoms with Gasteiger partial charge in [0.1, 0.15) is 11.6 Å². The summed E-state index contributed by atoms with van der Waals surface area (Å²) in [7, 11) is 0. The van der Waals surface area contributed by atoms with Gasteiger partial charge in [-0.2, -0.15) is 0 Å². The van der Waals surface area contributed by atoms with Gasteiger partial charge in [-0.3, -0.25) is 9.59 Å². The molecular formula is C16H19N3O3. The van der Waals surface area contributed by atoms with Crippen LogP contribution in [0.3, 0.4) is 0 Å². The maximum absolute atomic E-state index is 11.9. The molecule has 0 atom stereocenters. The molecule has 2 aromatic heterocycles. The number of aromatic amines is 1. The lowest BCUT2D eigenvalue weighted by Crippen LogP contribution is -2.38. The Morgan fingerprint density at radius 3 is 2.82 bits per heavy atom. The first-order valence-corrected chi connectivity index (χ1v) is 7.57. The van der Waals surface area contributed by atoms with Gasteiger partial charge in [-0.05, 0) is 37.8 Å². The highest BCUT2D eigenvalue weighted by Crippen LogP contribution is 2.30. The zero-order chi connectivity index (χ0) is 15.4. The molecule has 2 aromatic rings. The van der Waals surface area contributed by atoms with E-state index in [1.807, 2.05) is 0 Å². The van der Waals surface area contributed by atoms with Crippen molar-refractivity contribution >= 4 is 5.91 Å². The molecule has 6 heteroatoms. The minimum atomic E-state index is -0.112.